The van der Waals surface area contributed by atoms with Gasteiger partial charge in [-0.3, -0.25) is 0 Å². The maximum Gasteiger partial charge on any atom is 0.0856 e. The lowest BCUT2D eigenvalue weighted by Gasteiger charge is -2.09. The second-order valence-electron chi connectivity index (χ2n) is 4.50. The van der Waals surface area contributed by atoms with Crippen LogP contribution in [0.3, 0.4) is 0 Å². The van der Waals surface area contributed by atoms with E-state index in [-0.39, 0.29) is 0 Å². The Bertz CT molecular complexity index is 537. The molecule has 2 nitrogen and oxygen atoms in total. The molecule has 0 radical (unpaired) electrons. The highest BCUT2D eigenvalue weighted by Gasteiger charge is 2.13. The highest BCUT2D eigenvalue weighted by Crippen LogP contribution is 2.20. The molecule has 2 rings (SSSR count). The molecule has 0 aromatic heterocycles. The summed E-state index contributed by atoms with van der Waals surface area (Å²) in [5, 5.41) is 0. The van der Waals surface area contributed by atoms with Gasteiger partial charge >= 0.3 is 0 Å². The third kappa shape index (κ3) is 3.06. The molecule has 0 aliphatic heterocycles. The molecule has 0 aliphatic rings. The van der Waals surface area contributed by atoms with E-state index in [1.165, 1.54) is 0 Å². The summed E-state index contributed by atoms with van der Waals surface area (Å²) < 4.78 is 12.5. The molecule has 0 fully saturated rings. The largest absolute Gasteiger partial charge is 0.355 e. The Morgan fingerprint density at radius 1 is 1.06 bits per heavy atom. The van der Waals surface area contributed by atoms with E-state index in [1.54, 1.807) is 0 Å². The molecule has 2 atom stereocenters. The van der Waals surface area contributed by atoms with Crippen molar-refractivity contribution < 1.29 is 9.94 Å². The normalized spacial score (nSPS) is 14.1. The molecule has 0 aliphatic carbocycles. The SMILES string of the molecule is C[C@@H]([NH3+])Cc1ccccc1[S@@](=O)c1ccccc1. The van der Waals surface area contributed by atoms with Crippen molar-refractivity contribution in [2.75, 3.05) is 0 Å². The van der Waals surface area contributed by atoms with Crippen LogP contribution in [0.1, 0.15) is 12.5 Å². The van der Waals surface area contributed by atoms with E-state index in [0.717, 1.165) is 21.8 Å². The van der Waals surface area contributed by atoms with Crippen LogP contribution in [-0.2, 0) is 17.2 Å². The standard InChI is InChI=1S/C15H17NOS/c1-12(16)11-13-7-5-6-10-15(13)18(17)14-8-3-2-4-9-14/h2-10,12H,11,16H2,1H3/p+1/t12-,18+/m1/s1. The summed E-state index contributed by atoms with van der Waals surface area (Å²) in [6.07, 6.45) is 0.856. The van der Waals surface area contributed by atoms with Crippen LogP contribution in [0.25, 0.3) is 0 Å². The van der Waals surface area contributed by atoms with E-state index >= 15 is 0 Å². The van der Waals surface area contributed by atoms with Crippen molar-refractivity contribution in [3.63, 3.8) is 0 Å². The Morgan fingerprint density at radius 2 is 1.67 bits per heavy atom. The minimum atomic E-state index is -1.10. The first kappa shape index (κ1) is 13.0. The first-order valence-corrected chi connectivity index (χ1v) is 7.21. The van der Waals surface area contributed by atoms with E-state index in [9.17, 15) is 4.21 Å². The summed E-state index contributed by atoms with van der Waals surface area (Å²) in [7, 11) is -1.10. The van der Waals surface area contributed by atoms with E-state index in [4.69, 9.17) is 0 Å². The summed E-state index contributed by atoms with van der Waals surface area (Å²) >= 11 is 0. The van der Waals surface area contributed by atoms with Crippen LogP contribution in [0, 0.1) is 0 Å². The Hall–Kier alpha value is -1.45. The first-order chi connectivity index (χ1) is 8.68. The van der Waals surface area contributed by atoms with Gasteiger partial charge in [0.05, 0.1) is 16.8 Å². The number of hydrogen-bond acceptors (Lipinski definition) is 1. The molecule has 18 heavy (non-hydrogen) atoms. The van der Waals surface area contributed by atoms with Gasteiger partial charge in [0, 0.05) is 16.2 Å². The average Bonchev–Trinajstić information content (AvgIpc) is 2.39. The number of rotatable bonds is 4. The molecule has 3 heteroatoms. The van der Waals surface area contributed by atoms with Crippen LogP contribution in [0.2, 0.25) is 0 Å². The molecule has 0 saturated carbocycles. The summed E-state index contributed by atoms with van der Waals surface area (Å²) in [6, 6.07) is 17.8. The lowest BCUT2D eigenvalue weighted by molar-refractivity contribution is -0.413. The van der Waals surface area contributed by atoms with Crippen molar-refractivity contribution in [3.05, 3.63) is 60.2 Å². The third-order valence-electron chi connectivity index (χ3n) is 2.70. The molecule has 94 valence electrons. The van der Waals surface area contributed by atoms with Gasteiger partial charge in [0.25, 0.3) is 0 Å². The van der Waals surface area contributed by atoms with E-state index in [2.05, 4.69) is 12.7 Å². The van der Waals surface area contributed by atoms with Gasteiger partial charge in [0.1, 0.15) is 0 Å². The van der Waals surface area contributed by atoms with Gasteiger partial charge in [-0.25, -0.2) is 4.21 Å². The molecule has 0 heterocycles. The lowest BCUT2D eigenvalue weighted by Crippen LogP contribution is -2.60. The van der Waals surface area contributed by atoms with Gasteiger partial charge in [0.15, 0.2) is 0 Å². The van der Waals surface area contributed by atoms with Crippen LogP contribution in [0.5, 0.6) is 0 Å². The van der Waals surface area contributed by atoms with E-state index < -0.39 is 10.8 Å². The maximum absolute atomic E-state index is 12.5. The second-order valence-corrected chi connectivity index (χ2v) is 5.95. The zero-order valence-corrected chi connectivity index (χ0v) is 11.3. The number of hydrogen-bond donors (Lipinski definition) is 1. The fourth-order valence-corrected chi connectivity index (χ4v) is 3.15. The Kier molecular flexibility index (Phi) is 4.28. The number of quaternary nitrogens is 1. The van der Waals surface area contributed by atoms with Gasteiger partial charge in [-0.05, 0) is 30.7 Å². The van der Waals surface area contributed by atoms with Crippen LogP contribution in [0.4, 0.5) is 0 Å². The second kappa shape index (κ2) is 5.94. The molecule has 0 unspecified atom stereocenters. The fraction of sp³-hybridized carbons (Fsp3) is 0.200. The number of benzene rings is 2. The Balaban J connectivity index is 2.36. The van der Waals surface area contributed by atoms with Crippen molar-refractivity contribution in [3.8, 4) is 0 Å². The minimum absolute atomic E-state index is 0.318. The highest BCUT2D eigenvalue weighted by molar-refractivity contribution is 7.85. The monoisotopic (exact) mass is 260 g/mol. The van der Waals surface area contributed by atoms with Crippen molar-refractivity contribution >= 4 is 10.8 Å². The quantitative estimate of drug-likeness (QED) is 0.898. The topological polar surface area (TPSA) is 44.7 Å². The van der Waals surface area contributed by atoms with Crippen molar-refractivity contribution in [2.24, 2.45) is 0 Å². The van der Waals surface area contributed by atoms with Crippen LogP contribution in [-0.4, -0.2) is 10.3 Å². The average molecular weight is 260 g/mol. The third-order valence-corrected chi connectivity index (χ3v) is 4.20. The van der Waals surface area contributed by atoms with Crippen LogP contribution < -0.4 is 5.73 Å². The minimum Gasteiger partial charge on any atom is -0.355 e. The van der Waals surface area contributed by atoms with Gasteiger partial charge in [-0.1, -0.05) is 36.4 Å². The van der Waals surface area contributed by atoms with Gasteiger partial charge < -0.3 is 5.73 Å². The summed E-state index contributed by atoms with van der Waals surface area (Å²) in [4.78, 5) is 1.75. The Morgan fingerprint density at radius 3 is 2.33 bits per heavy atom. The summed E-state index contributed by atoms with van der Waals surface area (Å²) in [5.41, 5.74) is 5.14. The first-order valence-electron chi connectivity index (χ1n) is 6.06. The Labute approximate surface area is 110 Å². The molecule has 2 aromatic rings. The van der Waals surface area contributed by atoms with E-state index in [1.807, 2.05) is 54.6 Å². The van der Waals surface area contributed by atoms with Crippen molar-refractivity contribution in [2.45, 2.75) is 29.2 Å². The summed E-state index contributed by atoms with van der Waals surface area (Å²) in [5.74, 6) is 0. The van der Waals surface area contributed by atoms with Crippen LogP contribution in [0.15, 0.2) is 64.4 Å². The van der Waals surface area contributed by atoms with E-state index in [0.29, 0.717) is 6.04 Å². The highest BCUT2D eigenvalue weighted by atomic mass is 32.2. The summed E-state index contributed by atoms with van der Waals surface area (Å²) in [6.45, 7) is 2.07. The predicted molar refractivity (Wildman–Crippen MR) is 73.6 cm³/mol. The maximum atomic E-state index is 12.5. The van der Waals surface area contributed by atoms with Gasteiger partial charge in [-0.15, -0.1) is 0 Å². The molecule has 2 aromatic carbocycles. The fourth-order valence-electron chi connectivity index (χ4n) is 1.90. The van der Waals surface area contributed by atoms with Gasteiger partial charge in [-0.2, -0.15) is 0 Å². The molecule has 0 spiro atoms. The van der Waals surface area contributed by atoms with Crippen LogP contribution >= 0.6 is 0 Å². The molecule has 0 saturated heterocycles. The predicted octanol–water partition coefficient (Wildman–Crippen LogP) is 2.03. The van der Waals surface area contributed by atoms with Crippen molar-refractivity contribution in [1.29, 1.82) is 0 Å². The van der Waals surface area contributed by atoms with Gasteiger partial charge in [0.2, 0.25) is 0 Å². The zero-order chi connectivity index (χ0) is 13.0. The molecule has 0 amide bonds. The lowest BCUT2D eigenvalue weighted by atomic mass is 10.1. The molecular formula is C15H18NOS+. The molecule has 0 bridgehead atoms. The zero-order valence-electron chi connectivity index (χ0n) is 10.5. The van der Waals surface area contributed by atoms with Crippen molar-refractivity contribution in [1.82, 2.24) is 0 Å². The smallest absolute Gasteiger partial charge is 0.0856 e. The molecular weight excluding hydrogens is 242 g/mol. The molecule has 3 N–H and O–H groups in total.